The van der Waals surface area contributed by atoms with E-state index >= 15 is 0 Å². The first-order valence-corrected chi connectivity index (χ1v) is 4.78. The van der Waals surface area contributed by atoms with E-state index < -0.39 is 5.97 Å². The van der Waals surface area contributed by atoms with E-state index in [0.717, 1.165) is 5.56 Å². The zero-order valence-electron chi connectivity index (χ0n) is 9.72. The average molecular weight is 227 g/mol. The summed E-state index contributed by atoms with van der Waals surface area (Å²) >= 11 is 0. The molecule has 0 aliphatic carbocycles. The first kappa shape index (κ1) is 15.4. The number of carbonyl (C=O) groups excluding carboxylic acids is 1. The molecule has 0 spiro atoms. The van der Waals surface area contributed by atoms with Crippen molar-refractivity contribution in [3.63, 3.8) is 0 Å². The van der Waals surface area contributed by atoms with Gasteiger partial charge in [-0.3, -0.25) is 4.90 Å². The Morgan fingerprint density at radius 3 is 2.56 bits per heavy atom. The van der Waals surface area contributed by atoms with Crippen LogP contribution >= 0.6 is 0 Å². The summed E-state index contributed by atoms with van der Waals surface area (Å²) in [6.45, 7) is 0.558. The minimum Gasteiger partial charge on any atom is -0.549 e. The fourth-order valence-corrected chi connectivity index (χ4v) is 1.22. The number of nitrogens with zero attached hydrogens (tertiary/aromatic N) is 1. The Morgan fingerprint density at radius 2 is 2.00 bits per heavy atom. The van der Waals surface area contributed by atoms with Gasteiger partial charge in [-0.25, -0.2) is 0 Å². The summed E-state index contributed by atoms with van der Waals surface area (Å²) in [6.07, 6.45) is 3.89. The molecule has 0 aliphatic heterocycles. The van der Waals surface area contributed by atoms with Crippen LogP contribution in [-0.4, -0.2) is 31.0 Å². The van der Waals surface area contributed by atoms with Crippen molar-refractivity contribution >= 4 is 12.0 Å². The molecule has 0 N–H and O–H groups in total. The molecule has 0 aromatic heterocycles. The van der Waals surface area contributed by atoms with Gasteiger partial charge in [0.2, 0.25) is 0 Å². The fourth-order valence-electron chi connectivity index (χ4n) is 1.22. The van der Waals surface area contributed by atoms with Crippen LogP contribution in [0.25, 0.3) is 6.08 Å². The van der Waals surface area contributed by atoms with Gasteiger partial charge in [0, 0.05) is 13.1 Å². The summed E-state index contributed by atoms with van der Waals surface area (Å²) in [5.41, 5.74) is 1.11. The molecule has 3 nitrogen and oxygen atoms in total. The average Bonchev–Trinajstić information content (AvgIpc) is 2.18. The molecular weight excluding hydrogens is 213 g/mol. The maximum absolute atomic E-state index is 10.3. The molecule has 0 bridgehead atoms. The van der Waals surface area contributed by atoms with Gasteiger partial charge in [-0.1, -0.05) is 42.5 Å². The molecule has 0 unspecified atom stereocenters. The van der Waals surface area contributed by atoms with Crippen molar-refractivity contribution in [3.05, 3.63) is 42.0 Å². The zero-order chi connectivity index (χ0) is 11.1. The van der Waals surface area contributed by atoms with Crippen molar-refractivity contribution < 1.29 is 39.5 Å². The van der Waals surface area contributed by atoms with E-state index in [0.29, 0.717) is 6.54 Å². The van der Waals surface area contributed by atoms with Crippen molar-refractivity contribution in [2.45, 2.75) is 0 Å². The van der Waals surface area contributed by atoms with E-state index in [1.54, 1.807) is 11.9 Å². The predicted octanol–water partition coefficient (Wildman–Crippen LogP) is -2.61. The van der Waals surface area contributed by atoms with Gasteiger partial charge in [-0.15, -0.1) is 0 Å². The van der Waals surface area contributed by atoms with Crippen molar-refractivity contribution in [2.24, 2.45) is 0 Å². The van der Waals surface area contributed by atoms with Crippen LogP contribution in [0, 0.1) is 0 Å². The number of rotatable bonds is 5. The van der Waals surface area contributed by atoms with E-state index in [-0.39, 0.29) is 36.1 Å². The number of hydrogen-bond donors (Lipinski definition) is 0. The Bertz CT molecular complexity index is 338. The van der Waals surface area contributed by atoms with Crippen LogP contribution in [0.5, 0.6) is 0 Å². The van der Waals surface area contributed by atoms with Gasteiger partial charge >= 0.3 is 29.6 Å². The number of carbonyl (C=O) groups is 1. The van der Waals surface area contributed by atoms with Crippen molar-refractivity contribution in [3.8, 4) is 0 Å². The second-order valence-corrected chi connectivity index (χ2v) is 3.38. The van der Waals surface area contributed by atoms with Crippen LogP contribution in [-0.2, 0) is 4.79 Å². The molecule has 0 heterocycles. The summed E-state index contributed by atoms with van der Waals surface area (Å²) in [4.78, 5) is 11.9. The molecule has 4 heteroatoms. The molecule has 0 saturated heterocycles. The van der Waals surface area contributed by atoms with Crippen LogP contribution in [0.3, 0.4) is 0 Å². The Kier molecular flexibility index (Phi) is 8.21. The number of hydrogen-bond acceptors (Lipinski definition) is 3. The molecular formula is C12H14NNaO2. The molecule has 0 radical (unpaired) electrons. The summed E-state index contributed by atoms with van der Waals surface area (Å²) in [5, 5.41) is 10.3. The maximum atomic E-state index is 10.3. The number of carboxylic acids is 1. The van der Waals surface area contributed by atoms with Gasteiger partial charge in [0.05, 0.1) is 5.97 Å². The van der Waals surface area contributed by atoms with E-state index in [2.05, 4.69) is 0 Å². The normalized spacial score (nSPS) is 10.4. The van der Waals surface area contributed by atoms with Gasteiger partial charge in [0.15, 0.2) is 0 Å². The predicted molar refractivity (Wildman–Crippen MR) is 58.0 cm³/mol. The van der Waals surface area contributed by atoms with Crippen LogP contribution in [0.15, 0.2) is 36.4 Å². The Labute approximate surface area is 118 Å². The van der Waals surface area contributed by atoms with E-state index in [9.17, 15) is 9.90 Å². The first-order chi connectivity index (χ1) is 7.18. The molecule has 0 saturated carbocycles. The SMILES string of the molecule is CN(CC=Cc1ccccc1)CC(=O)[O-].[Na+]. The van der Waals surface area contributed by atoms with Gasteiger partial charge in [0.1, 0.15) is 0 Å². The number of carboxylic acid groups (broad SMARTS) is 1. The largest absolute Gasteiger partial charge is 1.00 e. The maximum Gasteiger partial charge on any atom is 1.00 e. The van der Waals surface area contributed by atoms with Crippen LogP contribution in [0.4, 0.5) is 0 Å². The minimum absolute atomic E-state index is 0. The molecule has 80 valence electrons. The molecule has 0 amide bonds. The Morgan fingerprint density at radius 1 is 1.38 bits per heavy atom. The first-order valence-electron chi connectivity index (χ1n) is 4.78. The van der Waals surface area contributed by atoms with E-state index in [1.165, 1.54) is 0 Å². The van der Waals surface area contributed by atoms with Crippen molar-refractivity contribution in [2.75, 3.05) is 20.1 Å². The smallest absolute Gasteiger partial charge is 0.549 e. The molecule has 1 aromatic rings. The van der Waals surface area contributed by atoms with Crippen molar-refractivity contribution in [1.29, 1.82) is 0 Å². The summed E-state index contributed by atoms with van der Waals surface area (Å²) in [6, 6.07) is 9.87. The third-order valence-electron chi connectivity index (χ3n) is 1.93. The van der Waals surface area contributed by atoms with Crippen LogP contribution < -0.4 is 34.7 Å². The molecule has 0 atom stereocenters. The number of aliphatic carboxylic acids is 1. The second-order valence-electron chi connectivity index (χ2n) is 3.38. The molecule has 0 fully saturated rings. The molecule has 1 rings (SSSR count). The van der Waals surface area contributed by atoms with Crippen molar-refractivity contribution in [1.82, 2.24) is 4.90 Å². The third kappa shape index (κ3) is 6.80. The zero-order valence-corrected chi connectivity index (χ0v) is 11.7. The topological polar surface area (TPSA) is 43.4 Å². The molecule has 0 aliphatic rings. The summed E-state index contributed by atoms with van der Waals surface area (Å²) < 4.78 is 0. The second kappa shape index (κ2) is 8.53. The van der Waals surface area contributed by atoms with Gasteiger partial charge in [-0.2, -0.15) is 0 Å². The quantitative estimate of drug-likeness (QED) is 0.518. The standard InChI is InChI=1S/C12H15NO2.Na/c1-13(10-12(14)15)9-5-8-11-6-3-2-4-7-11;/h2-8H,9-10H2,1H3,(H,14,15);/q;+1/p-1. The summed E-state index contributed by atoms with van der Waals surface area (Å²) in [5.74, 6) is -1.05. The molecule has 16 heavy (non-hydrogen) atoms. The number of likely N-dealkylation sites (N-methyl/N-ethyl adjacent to an activating group) is 1. The summed E-state index contributed by atoms with van der Waals surface area (Å²) in [7, 11) is 1.74. The van der Waals surface area contributed by atoms with Gasteiger partial charge < -0.3 is 9.90 Å². The molecule has 1 aromatic carbocycles. The third-order valence-corrected chi connectivity index (χ3v) is 1.93. The minimum atomic E-state index is -1.05. The van der Waals surface area contributed by atoms with E-state index in [4.69, 9.17) is 0 Å². The Hall–Kier alpha value is -0.610. The fraction of sp³-hybridized carbons (Fsp3) is 0.250. The monoisotopic (exact) mass is 227 g/mol. The Balaban J connectivity index is 0.00000225. The van der Waals surface area contributed by atoms with Gasteiger partial charge in [-0.05, 0) is 12.6 Å². The number of benzene rings is 1. The van der Waals surface area contributed by atoms with E-state index in [1.807, 2.05) is 42.5 Å². The van der Waals surface area contributed by atoms with Crippen LogP contribution in [0.1, 0.15) is 5.56 Å². The van der Waals surface area contributed by atoms with Crippen LogP contribution in [0.2, 0.25) is 0 Å². The van der Waals surface area contributed by atoms with Gasteiger partial charge in [0.25, 0.3) is 0 Å².